The van der Waals surface area contributed by atoms with Crippen LogP contribution in [0.2, 0.25) is 5.02 Å². The van der Waals surface area contributed by atoms with Crippen molar-refractivity contribution in [1.82, 2.24) is 9.62 Å². The van der Waals surface area contributed by atoms with Crippen LogP contribution in [0.5, 0.6) is 0 Å². The third-order valence-electron chi connectivity index (χ3n) is 4.01. The molecule has 1 fully saturated rings. The zero-order chi connectivity index (χ0) is 15.5. The molecule has 1 N–H and O–H groups in total. The molecule has 1 aliphatic carbocycles. The number of nitrogens with one attached hydrogen (secondary N) is 1. The van der Waals surface area contributed by atoms with Crippen LogP contribution in [0.4, 0.5) is 0 Å². The molecule has 0 atom stereocenters. The normalized spacial score (nSPS) is 16.8. The highest BCUT2D eigenvalue weighted by Crippen LogP contribution is 2.31. The van der Waals surface area contributed by atoms with Gasteiger partial charge in [-0.25, -0.2) is 8.42 Å². The lowest BCUT2D eigenvalue weighted by Crippen LogP contribution is -2.38. The topological polar surface area (TPSA) is 49.4 Å². The summed E-state index contributed by atoms with van der Waals surface area (Å²) in [5.74, 6) is 0. The van der Waals surface area contributed by atoms with E-state index in [0.717, 1.165) is 31.2 Å². The maximum Gasteiger partial charge on any atom is 0.244 e. The van der Waals surface area contributed by atoms with E-state index in [9.17, 15) is 8.42 Å². The number of benzene rings is 1. The van der Waals surface area contributed by atoms with E-state index in [-0.39, 0.29) is 10.9 Å². The Morgan fingerprint density at radius 2 is 2.00 bits per heavy atom. The minimum Gasteiger partial charge on any atom is -0.316 e. The van der Waals surface area contributed by atoms with Crippen LogP contribution in [-0.4, -0.2) is 32.4 Å². The van der Waals surface area contributed by atoms with Gasteiger partial charge < -0.3 is 5.32 Å². The van der Waals surface area contributed by atoms with Gasteiger partial charge in [0.15, 0.2) is 0 Å². The van der Waals surface area contributed by atoms with Gasteiger partial charge in [0.05, 0.1) is 5.02 Å². The zero-order valence-electron chi connectivity index (χ0n) is 12.6. The first-order chi connectivity index (χ1) is 10.0. The van der Waals surface area contributed by atoms with Crippen molar-refractivity contribution in [3.8, 4) is 0 Å². The van der Waals surface area contributed by atoms with E-state index in [1.165, 1.54) is 0 Å². The van der Waals surface area contributed by atoms with Crippen molar-refractivity contribution in [3.63, 3.8) is 0 Å². The van der Waals surface area contributed by atoms with Gasteiger partial charge in [-0.2, -0.15) is 4.31 Å². The van der Waals surface area contributed by atoms with E-state index < -0.39 is 10.0 Å². The molecule has 0 radical (unpaired) electrons. The lowest BCUT2D eigenvalue weighted by molar-refractivity contribution is 0.335. The third kappa shape index (κ3) is 3.59. The van der Waals surface area contributed by atoms with Crippen LogP contribution in [0.15, 0.2) is 23.1 Å². The Labute approximate surface area is 132 Å². The number of hydrogen-bond acceptors (Lipinski definition) is 3. The van der Waals surface area contributed by atoms with Crippen LogP contribution in [0.3, 0.4) is 0 Å². The first kappa shape index (κ1) is 16.7. The molecule has 1 aromatic carbocycles. The van der Waals surface area contributed by atoms with Crippen LogP contribution in [0.25, 0.3) is 0 Å². The Bertz CT molecular complexity index is 583. The van der Waals surface area contributed by atoms with Crippen LogP contribution < -0.4 is 5.32 Å². The molecule has 0 heterocycles. The SMILES string of the molecule is CCN(C1CCCC1)S(=O)(=O)c1cc(CNC)ccc1Cl. The molecule has 1 saturated carbocycles. The second-order valence-corrected chi connectivity index (χ2v) is 7.71. The van der Waals surface area contributed by atoms with Crippen LogP contribution >= 0.6 is 11.6 Å². The van der Waals surface area contributed by atoms with E-state index in [1.54, 1.807) is 16.4 Å². The number of rotatable bonds is 6. The Morgan fingerprint density at radius 1 is 1.33 bits per heavy atom. The monoisotopic (exact) mass is 330 g/mol. The molecule has 0 aromatic heterocycles. The van der Waals surface area contributed by atoms with Gasteiger partial charge in [0.1, 0.15) is 4.90 Å². The molecule has 0 bridgehead atoms. The predicted molar refractivity (Wildman–Crippen MR) is 86.0 cm³/mol. The summed E-state index contributed by atoms with van der Waals surface area (Å²) in [6.07, 6.45) is 4.09. The van der Waals surface area contributed by atoms with Gasteiger partial charge in [0.25, 0.3) is 0 Å². The summed E-state index contributed by atoms with van der Waals surface area (Å²) in [6.45, 7) is 3.00. The Balaban J connectivity index is 2.39. The maximum atomic E-state index is 12.9. The predicted octanol–water partition coefficient (Wildman–Crippen LogP) is 3.01. The number of sulfonamides is 1. The molecule has 6 heteroatoms. The third-order valence-corrected chi connectivity index (χ3v) is 6.52. The lowest BCUT2D eigenvalue weighted by atomic mass is 10.2. The first-order valence-electron chi connectivity index (χ1n) is 7.45. The summed E-state index contributed by atoms with van der Waals surface area (Å²) < 4.78 is 27.5. The number of hydrogen-bond donors (Lipinski definition) is 1. The highest BCUT2D eigenvalue weighted by molar-refractivity contribution is 7.89. The average Bonchev–Trinajstić information content (AvgIpc) is 2.95. The van der Waals surface area contributed by atoms with Crippen LogP contribution in [-0.2, 0) is 16.6 Å². The summed E-state index contributed by atoms with van der Waals surface area (Å²) in [5.41, 5.74) is 0.919. The molecule has 4 nitrogen and oxygen atoms in total. The van der Waals surface area contributed by atoms with Crippen LogP contribution in [0.1, 0.15) is 38.2 Å². The van der Waals surface area contributed by atoms with Crippen molar-refractivity contribution in [1.29, 1.82) is 0 Å². The fraction of sp³-hybridized carbons (Fsp3) is 0.600. The van der Waals surface area contributed by atoms with E-state index in [2.05, 4.69) is 5.32 Å². The molecular weight excluding hydrogens is 308 g/mol. The van der Waals surface area contributed by atoms with Gasteiger partial charge in [-0.1, -0.05) is 37.4 Å². The van der Waals surface area contributed by atoms with E-state index in [4.69, 9.17) is 11.6 Å². The fourth-order valence-corrected chi connectivity index (χ4v) is 5.22. The van der Waals surface area contributed by atoms with Crippen molar-refractivity contribution < 1.29 is 8.42 Å². The van der Waals surface area contributed by atoms with Crippen LogP contribution in [0, 0.1) is 0 Å². The molecule has 1 aliphatic rings. The summed E-state index contributed by atoms with van der Waals surface area (Å²) in [7, 11) is -1.70. The minimum absolute atomic E-state index is 0.115. The lowest BCUT2D eigenvalue weighted by Gasteiger charge is -2.27. The van der Waals surface area contributed by atoms with Crippen molar-refractivity contribution in [2.75, 3.05) is 13.6 Å². The highest BCUT2D eigenvalue weighted by atomic mass is 35.5. The highest BCUT2D eigenvalue weighted by Gasteiger charge is 2.33. The van der Waals surface area contributed by atoms with Gasteiger partial charge in [-0.3, -0.25) is 0 Å². The van der Waals surface area contributed by atoms with Gasteiger partial charge in [0.2, 0.25) is 10.0 Å². The van der Waals surface area contributed by atoms with Gasteiger partial charge in [-0.05, 0) is 37.6 Å². The van der Waals surface area contributed by atoms with Crippen molar-refractivity contribution in [2.24, 2.45) is 0 Å². The number of nitrogens with zero attached hydrogens (tertiary/aromatic N) is 1. The summed E-state index contributed by atoms with van der Waals surface area (Å²) in [6, 6.07) is 5.32. The smallest absolute Gasteiger partial charge is 0.244 e. The van der Waals surface area contributed by atoms with E-state index in [1.807, 2.05) is 20.0 Å². The second-order valence-electron chi connectivity index (χ2n) is 5.44. The van der Waals surface area contributed by atoms with Gasteiger partial charge in [-0.15, -0.1) is 0 Å². The molecule has 0 unspecified atom stereocenters. The van der Waals surface area contributed by atoms with E-state index >= 15 is 0 Å². The zero-order valence-corrected chi connectivity index (χ0v) is 14.2. The van der Waals surface area contributed by atoms with Crippen molar-refractivity contribution in [2.45, 2.75) is 50.1 Å². The summed E-state index contributed by atoms with van der Waals surface area (Å²) >= 11 is 6.16. The van der Waals surface area contributed by atoms with Gasteiger partial charge in [0, 0.05) is 19.1 Å². The molecule has 118 valence electrons. The molecule has 0 spiro atoms. The number of halogens is 1. The van der Waals surface area contributed by atoms with Gasteiger partial charge >= 0.3 is 0 Å². The summed E-state index contributed by atoms with van der Waals surface area (Å²) in [4.78, 5) is 0.227. The molecule has 2 rings (SSSR count). The second kappa shape index (κ2) is 7.09. The average molecular weight is 331 g/mol. The maximum absolute atomic E-state index is 12.9. The molecular formula is C15H23ClN2O2S. The molecule has 21 heavy (non-hydrogen) atoms. The van der Waals surface area contributed by atoms with Crippen molar-refractivity contribution in [3.05, 3.63) is 28.8 Å². The Hall–Kier alpha value is -0.620. The molecule has 0 aliphatic heterocycles. The Kier molecular flexibility index (Phi) is 5.66. The largest absolute Gasteiger partial charge is 0.316 e. The fourth-order valence-electron chi connectivity index (χ4n) is 3.00. The molecule has 0 amide bonds. The first-order valence-corrected chi connectivity index (χ1v) is 9.27. The van der Waals surface area contributed by atoms with E-state index in [0.29, 0.717) is 18.1 Å². The van der Waals surface area contributed by atoms with Crippen molar-refractivity contribution >= 4 is 21.6 Å². The molecule has 1 aromatic rings. The molecule has 0 saturated heterocycles. The minimum atomic E-state index is -3.53. The Morgan fingerprint density at radius 3 is 2.57 bits per heavy atom. The summed E-state index contributed by atoms with van der Waals surface area (Å²) in [5, 5.41) is 3.33. The standard InChI is InChI=1S/C15H23ClN2O2S/c1-3-18(13-6-4-5-7-13)21(19,20)15-10-12(11-17-2)8-9-14(15)16/h8-10,13,17H,3-7,11H2,1-2H3. The quantitative estimate of drug-likeness (QED) is 0.872.